The van der Waals surface area contributed by atoms with Crippen LogP contribution in [0.3, 0.4) is 0 Å². The molecule has 3 nitrogen and oxygen atoms in total. The molecule has 1 aromatic carbocycles. The summed E-state index contributed by atoms with van der Waals surface area (Å²) >= 11 is 0. The van der Waals surface area contributed by atoms with Crippen molar-refractivity contribution in [3.63, 3.8) is 0 Å². The van der Waals surface area contributed by atoms with E-state index in [4.69, 9.17) is 5.73 Å². The molecule has 3 heteroatoms. The van der Waals surface area contributed by atoms with Gasteiger partial charge in [0.15, 0.2) is 0 Å². The lowest BCUT2D eigenvalue weighted by molar-refractivity contribution is -0.133. The number of anilines is 1. The van der Waals surface area contributed by atoms with Crippen LogP contribution in [0.4, 0.5) is 5.69 Å². The maximum Gasteiger partial charge on any atom is 0.223 e. The summed E-state index contributed by atoms with van der Waals surface area (Å²) in [5, 5.41) is 0. The van der Waals surface area contributed by atoms with E-state index in [2.05, 4.69) is 17.0 Å². The van der Waals surface area contributed by atoms with Gasteiger partial charge in [-0.1, -0.05) is 12.5 Å². The Kier molecular flexibility index (Phi) is 3.16. The van der Waals surface area contributed by atoms with Crippen molar-refractivity contribution in [1.29, 1.82) is 0 Å². The lowest BCUT2D eigenvalue weighted by Crippen LogP contribution is -2.37. The molecule has 1 heterocycles. The van der Waals surface area contributed by atoms with Crippen molar-refractivity contribution in [1.82, 2.24) is 4.90 Å². The minimum Gasteiger partial charge on any atom is -0.399 e. The van der Waals surface area contributed by atoms with E-state index in [1.165, 1.54) is 36.8 Å². The molecule has 2 saturated carbocycles. The van der Waals surface area contributed by atoms with E-state index in [1.807, 2.05) is 6.07 Å². The Morgan fingerprint density at radius 3 is 2.90 bits per heavy atom. The minimum atomic E-state index is 0.370. The van der Waals surface area contributed by atoms with Crippen LogP contribution < -0.4 is 5.73 Å². The summed E-state index contributed by atoms with van der Waals surface area (Å²) in [5.74, 6) is 2.81. The van der Waals surface area contributed by atoms with Crippen molar-refractivity contribution < 1.29 is 4.79 Å². The highest BCUT2D eigenvalue weighted by Gasteiger charge is 2.40. The predicted octanol–water partition coefficient (Wildman–Crippen LogP) is 2.98. The van der Waals surface area contributed by atoms with Crippen molar-refractivity contribution in [3.8, 4) is 0 Å². The molecule has 0 saturated heterocycles. The topological polar surface area (TPSA) is 46.3 Å². The average Bonchev–Trinajstić information content (AvgIpc) is 3.09. The van der Waals surface area contributed by atoms with Crippen LogP contribution in [0.5, 0.6) is 0 Å². The maximum atomic E-state index is 12.6. The number of rotatable bonds is 2. The lowest BCUT2D eigenvalue weighted by Gasteiger charge is -2.31. The third kappa shape index (κ3) is 2.43. The van der Waals surface area contributed by atoms with E-state index < -0.39 is 0 Å². The Balaban J connectivity index is 1.41. The van der Waals surface area contributed by atoms with E-state index >= 15 is 0 Å². The summed E-state index contributed by atoms with van der Waals surface area (Å²) in [4.78, 5) is 14.7. The Morgan fingerprint density at radius 1 is 1.24 bits per heavy atom. The quantitative estimate of drug-likeness (QED) is 0.849. The highest BCUT2D eigenvalue weighted by Crippen LogP contribution is 2.49. The molecular weight excluding hydrogens is 260 g/mol. The van der Waals surface area contributed by atoms with Crippen LogP contribution in [-0.4, -0.2) is 17.4 Å². The zero-order valence-corrected chi connectivity index (χ0v) is 12.6. The fourth-order valence-corrected chi connectivity index (χ4v) is 4.77. The molecule has 21 heavy (non-hydrogen) atoms. The monoisotopic (exact) mass is 284 g/mol. The second-order valence-electron chi connectivity index (χ2n) is 7.23. The number of nitrogen functional groups attached to an aromatic ring is 1. The van der Waals surface area contributed by atoms with Crippen molar-refractivity contribution >= 4 is 11.6 Å². The molecule has 2 aliphatic carbocycles. The van der Waals surface area contributed by atoms with Crippen LogP contribution in [0.1, 0.15) is 43.2 Å². The third-order valence-electron chi connectivity index (χ3n) is 5.92. The molecule has 3 atom stereocenters. The molecule has 0 spiro atoms. The van der Waals surface area contributed by atoms with Gasteiger partial charge in [-0.3, -0.25) is 4.79 Å². The van der Waals surface area contributed by atoms with Crippen molar-refractivity contribution in [3.05, 3.63) is 29.3 Å². The second kappa shape index (κ2) is 5.04. The molecule has 2 fully saturated rings. The van der Waals surface area contributed by atoms with Gasteiger partial charge in [0.05, 0.1) is 0 Å². The zero-order chi connectivity index (χ0) is 14.4. The number of amides is 1. The average molecular weight is 284 g/mol. The van der Waals surface area contributed by atoms with Crippen LogP contribution in [-0.2, 0) is 17.8 Å². The van der Waals surface area contributed by atoms with Gasteiger partial charge in [-0.15, -0.1) is 0 Å². The van der Waals surface area contributed by atoms with E-state index in [1.54, 1.807) is 0 Å². The smallest absolute Gasteiger partial charge is 0.223 e. The van der Waals surface area contributed by atoms with Gasteiger partial charge in [-0.05, 0) is 66.7 Å². The molecule has 2 N–H and O–H groups in total. The number of nitrogens with two attached hydrogens (primary N) is 1. The molecule has 112 valence electrons. The Labute approximate surface area is 126 Å². The third-order valence-corrected chi connectivity index (χ3v) is 5.92. The SMILES string of the molecule is Nc1ccc2c(c1)CCN(C(=O)CC1CC3CCC1C3)C2. The number of carbonyl (C=O) groups is 1. The highest BCUT2D eigenvalue weighted by atomic mass is 16.2. The minimum absolute atomic E-state index is 0.370. The van der Waals surface area contributed by atoms with Gasteiger partial charge in [0.25, 0.3) is 0 Å². The first kappa shape index (κ1) is 13.2. The van der Waals surface area contributed by atoms with Crippen LogP contribution in [0.2, 0.25) is 0 Å². The molecular formula is C18H24N2O. The summed E-state index contributed by atoms with van der Waals surface area (Å²) in [6.07, 6.45) is 7.20. The molecule has 4 rings (SSSR count). The first-order valence-corrected chi connectivity index (χ1v) is 8.34. The van der Waals surface area contributed by atoms with Crippen LogP contribution in [0.15, 0.2) is 18.2 Å². The summed E-state index contributed by atoms with van der Waals surface area (Å²) < 4.78 is 0. The first-order chi connectivity index (χ1) is 10.2. The van der Waals surface area contributed by atoms with Gasteiger partial charge in [-0.2, -0.15) is 0 Å². The van der Waals surface area contributed by atoms with Gasteiger partial charge in [-0.25, -0.2) is 0 Å². The standard InChI is InChI=1S/C18H24N2O/c19-17-4-3-15-11-20(6-5-14(15)9-17)18(21)10-16-8-12-1-2-13(16)7-12/h3-4,9,12-13,16H,1-2,5-8,10-11,19H2. The number of carbonyl (C=O) groups excluding carboxylic acids is 1. The Morgan fingerprint density at radius 2 is 2.14 bits per heavy atom. The molecule has 0 radical (unpaired) electrons. The molecule has 3 unspecified atom stereocenters. The van der Waals surface area contributed by atoms with Crippen LogP contribution in [0.25, 0.3) is 0 Å². The number of benzene rings is 1. The van der Waals surface area contributed by atoms with E-state index in [9.17, 15) is 4.79 Å². The first-order valence-electron chi connectivity index (χ1n) is 8.34. The molecule has 1 aromatic rings. The number of hydrogen-bond acceptors (Lipinski definition) is 2. The van der Waals surface area contributed by atoms with Gasteiger partial charge >= 0.3 is 0 Å². The Bertz CT molecular complexity index is 568. The number of hydrogen-bond donors (Lipinski definition) is 1. The van der Waals surface area contributed by atoms with Gasteiger partial charge in [0.2, 0.25) is 5.91 Å². The van der Waals surface area contributed by atoms with Gasteiger partial charge in [0.1, 0.15) is 0 Å². The molecule has 1 aliphatic heterocycles. The van der Waals surface area contributed by atoms with Gasteiger partial charge < -0.3 is 10.6 Å². The summed E-state index contributed by atoms with van der Waals surface area (Å²) in [6, 6.07) is 6.09. The highest BCUT2D eigenvalue weighted by molar-refractivity contribution is 5.77. The van der Waals surface area contributed by atoms with Crippen molar-refractivity contribution in [2.75, 3.05) is 12.3 Å². The number of fused-ring (bicyclic) bond motifs is 3. The zero-order valence-electron chi connectivity index (χ0n) is 12.6. The van der Waals surface area contributed by atoms with E-state index in [0.717, 1.165) is 43.5 Å². The maximum absolute atomic E-state index is 12.6. The van der Waals surface area contributed by atoms with Crippen molar-refractivity contribution in [2.45, 2.75) is 45.1 Å². The largest absolute Gasteiger partial charge is 0.399 e. The second-order valence-corrected chi connectivity index (χ2v) is 7.23. The van der Waals surface area contributed by atoms with E-state index in [0.29, 0.717) is 11.8 Å². The molecule has 0 aromatic heterocycles. The predicted molar refractivity (Wildman–Crippen MR) is 83.5 cm³/mol. The Hall–Kier alpha value is -1.51. The summed E-state index contributed by atoms with van der Waals surface area (Å²) in [6.45, 7) is 1.63. The molecule has 2 bridgehead atoms. The van der Waals surface area contributed by atoms with Crippen LogP contribution in [0, 0.1) is 17.8 Å². The molecule has 3 aliphatic rings. The summed E-state index contributed by atoms with van der Waals surface area (Å²) in [5.41, 5.74) is 9.26. The van der Waals surface area contributed by atoms with Crippen LogP contribution >= 0.6 is 0 Å². The number of nitrogens with zero attached hydrogens (tertiary/aromatic N) is 1. The fraction of sp³-hybridized carbons (Fsp3) is 0.611. The summed E-state index contributed by atoms with van der Waals surface area (Å²) in [7, 11) is 0. The van der Waals surface area contributed by atoms with Crippen molar-refractivity contribution in [2.24, 2.45) is 17.8 Å². The normalized spacial score (nSPS) is 30.5. The fourth-order valence-electron chi connectivity index (χ4n) is 4.77. The van der Waals surface area contributed by atoms with Gasteiger partial charge in [0, 0.05) is 25.2 Å². The van der Waals surface area contributed by atoms with E-state index in [-0.39, 0.29) is 0 Å². The molecule has 1 amide bonds. The lowest BCUT2D eigenvalue weighted by atomic mass is 9.86.